The Morgan fingerprint density at radius 1 is 0.943 bits per heavy atom. The van der Waals surface area contributed by atoms with Crippen molar-refractivity contribution in [2.75, 3.05) is 11.4 Å². The van der Waals surface area contributed by atoms with Crippen LogP contribution in [0, 0.1) is 0 Å². The summed E-state index contributed by atoms with van der Waals surface area (Å²) < 4.78 is 1.95. The number of hydrogen-bond donors (Lipinski definition) is 1. The fourth-order valence-corrected chi connectivity index (χ4v) is 5.19. The number of fused-ring (bicyclic) bond motifs is 6. The molecule has 8 nitrogen and oxygen atoms in total. The van der Waals surface area contributed by atoms with E-state index in [0.29, 0.717) is 16.8 Å². The number of aromatic nitrogens is 2. The standard InChI is InChI=1S/C27H23N5O3/c1-16(24-29-20-12-6-8-14-22(20)30(24)2)28-23(33)15-31-25-17-9-3-4-10-18(17)27(35)32(25)21-13-7-5-11-19(21)26(31)34/h3-14,16,25H,15H2,1-2H3,(H,28,33)/t16-,25-/m0/s1. The van der Waals surface area contributed by atoms with E-state index in [2.05, 4.69) is 10.3 Å². The molecule has 2 atom stereocenters. The maximum absolute atomic E-state index is 13.5. The van der Waals surface area contributed by atoms with E-state index < -0.39 is 6.17 Å². The highest BCUT2D eigenvalue weighted by Crippen LogP contribution is 2.44. The number of hydrogen-bond acceptors (Lipinski definition) is 4. The smallest absolute Gasteiger partial charge is 0.260 e. The van der Waals surface area contributed by atoms with Gasteiger partial charge in [0.1, 0.15) is 18.5 Å². The van der Waals surface area contributed by atoms with Crippen LogP contribution in [0.3, 0.4) is 0 Å². The molecule has 0 spiro atoms. The molecular formula is C27H23N5O3. The third kappa shape index (κ3) is 3.13. The average Bonchev–Trinajstić information content (AvgIpc) is 3.37. The van der Waals surface area contributed by atoms with Gasteiger partial charge in [-0.3, -0.25) is 19.3 Å². The van der Waals surface area contributed by atoms with Crippen molar-refractivity contribution in [2.45, 2.75) is 19.1 Å². The van der Waals surface area contributed by atoms with Gasteiger partial charge < -0.3 is 14.8 Å². The average molecular weight is 466 g/mol. The highest BCUT2D eigenvalue weighted by molar-refractivity contribution is 6.17. The summed E-state index contributed by atoms with van der Waals surface area (Å²) in [7, 11) is 1.91. The van der Waals surface area contributed by atoms with Crippen LogP contribution >= 0.6 is 0 Å². The molecule has 8 heteroatoms. The van der Waals surface area contributed by atoms with Crippen LogP contribution in [-0.4, -0.2) is 38.7 Å². The summed E-state index contributed by atoms with van der Waals surface area (Å²) in [6.07, 6.45) is -0.669. The van der Waals surface area contributed by atoms with Gasteiger partial charge in [-0.05, 0) is 37.3 Å². The van der Waals surface area contributed by atoms with Crippen molar-refractivity contribution in [3.8, 4) is 0 Å². The van der Waals surface area contributed by atoms with Crippen LogP contribution in [0.4, 0.5) is 5.69 Å². The number of aryl methyl sites for hydroxylation is 1. The number of para-hydroxylation sites is 3. The molecule has 0 radical (unpaired) electrons. The summed E-state index contributed by atoms with van der Waals surface area (Å²) in [5.74, 6) is -0.0622. The highest BCUT2D eigenvalue weighted by atomic mass is 16.2. The molecule has 3 heterocycles. The quantitative estimate of drug-likeness (QED) is 0.499. The minimum Gasteiger partial charge on any atom is -0.345 e. The Morgan fingerprint density at radius 3 is 2.43 bits per heavy atom. The summed E-state index contributed by atoms with van der Waals surface area (Å²) >= 11 is 0. The summed E-state index contributed by atoms with van der Waals surface area (Å²) in [5.41, 5.74) is 4.06. The van der Waals surface area contributed by atoms with Crippen LogP contribution in [-0.2, 0) is 11.8 Å². The minimum absolute atomic E-state index is 0.177. The van der Waals surface area contributed by atoms with Gasteiger partial charge >= 0.3 is 0 Å². The number of anilines is 1. The second-order valence-electron chi connectivity index (χ2n) is 8.89. The van der Waals surface area contributed by atoms with E-state index in [4.69, 9.17) is 0 Å². The van der Waals surface area contributed by atoms with Crippen LogP contribution in [0.15, 0.2) is 72.8 Å². The summed E-state index contributed by atoms with van der Waals surface area (Å²) in [6, 6.07) is 21.7. The van der Waals surface area contributed by atoms with Crippen molar-refractivity contribution in [2.24, 2.45) is 7.05 Å². The van der Waals surface area contributed by atoms with Gasteiger partial charge in [-0.15, -0.1) is 0 Å². The second kappa shape index (κ2) is 7.80. The van der Waals surface area contributed by atoms with Gasteiger partial charge in [-0.25, -0.2) is 4.98 Å². The van der Waals surface area contributed by atoms with Crippen LogP contribution in [0.1, 0.15) is 51.2 Å². The Morgan fingerprint density at radius 2 is 1.63 bits per heavy atom. The van der Waals surface area contributed by atoms with Gasteiger partial charge in [0.25, 0.3) is 11.8 Å². The Hall–Kier alpha value is -4.46. The Balaban J connectivity index is 1.32. The first-order valence-electron chi connectivity index (χ1n) is 11.5. The molecule has 3 aromatic carbocycles. The largest absolute Gasteiger partial charge is 0.345 e. The lowest BCUT2D eigenvalue weighted by Gasteiger charge is -2.40. The van der Waals surface area contributed by atoms with Gasteiger partial charge in [0.05, 0.1) is 28.3 Å². The summed E-state index contributed by atoms with van der Waals surface area (Å²) in [4.78, 5) is 47.8. The van der Waals surface area contributed by atoms with E-state index in [1.165, 1.54) is 4.90 Å². The van der Waals surface area contributed by atoms with Crippen molar-refractivity contribution in [3.63, 3.8) is 0 Å². The molecule has 0 unspecified atom stereocenters. The van der Waals surface area contributed by atoms with Gasteiger partial charge in [0, 0.05) is 18.2 Å². The van der Waals surface area contributed by atoms with E-state index in [-0.39, 0.29) is 30.3 Å². The minimum atomic E-state index is -0.669. The van der Waals surface area contributed by atoms with Crippen molar-refractivity contribution < 1.29 is 14.4 Å². The number of benzene rings is 3. The number of carbonyl (C=O) groups is 3. The maximum atomic E-state index is 13.5. The SMILES string of the molecule is C[C@H](NC(=O)CN1C(=O)c2ccccc2N2C(=O)c3ccccc3[C@@H]12)c1nc2ccccc2n1C. The van der Waals surface area contributed by atoms with E-state index >= 15 is 0 Å². The zero-order valence-corrected chi connectivity index (χ0v) is 19.3. The molecule has 4 aromatic rings. The zero-order valence-electron chi connectivity index (χ0n) is 19.3. The molecule has 0 bridgehead atoms. The van der Waals surface area contributed by atoms with Gasteiger partial charge in [-0.1, -0.05) is 42.5 Å². The van der Waals surface area contributed by atoms with Crippen LogP contribution in [0.25, 0.3) is 11.0 Å². The van der Waals surface area contributed by atoms with Crippen LogP contribution in [0.2, 0.25) is 0 Å². The van der Waals surface area contributed by atoms with Crippen LogP contribution < -0.4 is 10.2 Å². The fraction of sp³-hybridized carbons (Fsp3) is 0.185. The molecule has 35 heavy (non-hydrogen) atoms. The number of nitrogens with zero attached hydrogens (tertiary/aromatic N) is 4. The summed E-state index contributed by atoms with van der Waals surface area (Å²) in [6.45, 7) is 1.68. The maximum Gasteiger partial charge on any atom is 0.260 e. The van der Waals surface area contributed by atoms with Gasteiger partial charge in [-0.2, -0.15) is 0 Å². The molecule has 3 amide bonds. The Kier molecular flexibility index (Phi) is 4.70. The number of rotatable bonds is 4. The van der Waals surface area contributed by atoms with Gasteiger partial charge in [0.15, 0.2) is 0 Å². The number of nitrogens with one attached hydrogen (secondary N) is 1. The number of amides is 3. The molecule has 2 aliphatic rings. The molecule has 0 saturated carbocycles. The van der Waals surface area contributed by atoms with E-state index in [0.717, 1.165) is 22.4 Å². The lowest BCUT2D eigenvalue weighted by atomic mass is 10.0. The molecule has 0 aliphatic carbocycles. The zero-order chi connectivity index (χ0) is 24.3. The van der Waals surface area contributed by atoms with Gasteiger partial charge in [0.2, 0.25) is 5.91 Å². The first-order valence-corrected chi connectivity index (χ1v) is 11.5. The predicted molar refractivity (Wildman–Crippen MR) is 131 cm³/mol. The summed E-state index contributed by atoms with van der Waals surface area (Å²) in [5, 5.41) is 2.99. The van der Waals surface area contributed by atoms with Crippen molar-refractivity contribution in [3.05, 3.63) is 95.3 Å². The monoisotopic (exact) mass is 465 g/mol. The van der Waals surface area contributed by atoms with E-state index in [1.54, 1.807) is 41.3 Å². The highest BCUT2D eigenvalue weighted by Gasteiger charge is 2.48. The molecule has 1 aromatic heterocycles. The van der Waals surface area contributed by atoms with E-state index in [1.807, 2.05) is 54.9 Å². The Bertz CT molecular complexity index is 1520. The van der Waals surface area contributed by atoms with Crippen molar-refractivity contribution >= 4 is 34.4 Å². The molecule has 6 rings (SSSR count). The topological polar surface area (TPSA) is 87.5 Å². The first kappa shape index (κ1) is 21.1. The Labute approximate surface area is 201 Å². The normalized spacial score (nSPS) is 17.3. The third-order valence-electron chi connectivity index (χ3n) is 6.78. The van der Waals surface area contributed by atoms with Crippen LogP contribution in [0.5, 0.6) is 0 Å². The fourth-order valence-electron chi connectivity index (χ4n) is 5.19. The lowest BCUT2D eigenvalue weighted by Crippen LogP contribution is -2.51. The molecular weight excluding hydrogens is 442 g/mol. The lowest BCUT2D eigenvalue weighted by molar-refractivity contribution is -0.123. The van der Waals surface area contributed by atoms with Crippen molar-refractivity contribution in [1.29, 1.82) is 0 Å². The predicted octanol–water partition coefficient (Wildman–Crippen LogP) is 3.57. The molecule has 0 fully saturated rings. The molecule has 174 valence electrons. The van der Waals surface area contributed by atoms with E-state index in [9.17, 15) is 14.4 Å². The molecule has 1 N–H and O–H groups in total. The molecule has 0 saturated heterocycles. The number of carbonyl (C=O) groups excluding carboxylic acids is 3. The molecule has 2 aliphatic heterocycles. The second-order valence-corrected chi connectivity index (χ2v) is 8.89. The van der Waals surface area contributed by atoms with Crippen molar-refractivity contribution in [1.82, 2.24) is 19.8 Å². The number of imidazole rings is 1. The first-order chi connectivity index (χ1) is 17.0. The third-order valence-corrected chi connectivity index (χ3v) is 6.78.